The number of nitrogen functional groups attached to an aromatic ring is 1. The van der Waals surface area contributed by atoms with Gasteiger partial charge in [-0.05, 0) is 7.05 Å². The van der Waals surface area contributed by atoms with Crippen molar-refractivity contribution in [2.45, 2.75) is 0 Å². The number of rotatable bonds is 3. The number of amides is 2. The molecule has 1 aliphatic rings. The summed E-state index contributed by atoms with van der Waals surface area (Å²) in [5.41, 5.74) is 11.9. The highest BCUT2D eigenvalue weighted by Crippen LogP contribution is 2.38. The molecule has 0 atom stereocenters. The van der Waals surface area contributed by atoms with Crippen LogP contribution in [-0.2, 0) is 0 Å². The van der Waals surface area contributed by atoms with Crippen molar-refractivity contribution in [3.05, 3.63) is 10.4 Å². The highest BCUT2D eigenvalue weighted by molar-refractivity contribution is 7.19. The molecule has 0 aromatic carbocycles. The Balaban J connectivity index is 2.43. The molecule has 2 heterocycles. The zero-order valence-corrected chi connectivity index (χ0v) is 13.4. The lowest BCUT2D eigenvalue weighted by Gasteiger charge is -2.33. The number of anilines is 2. The third-order valence-corrected chi connectivity index (χ3v) is 4.82. The van der Waals surface area contributed by atoms with Gasteiger partial charge < -0.3 is 26.2 Å². The van der Waals surface area contributed by atoms with Gasteiger partial charge >= 0.3 is 0 Å². The molecule has 8 heteroatoms. The van der Waals surface area contributed by atoms with E-state index in [1.807, 2.05) is 0 Å². The van der Waals surface area contributed by atoms with Crippen LogP contribution in [0.25, 0.3) is 0 Å². The first-order valence-electron chi connectivity index (χ1n) is 6.70. The second kappa shape index (κ2) is 5.90. The van der Waals surface area contributed by atoms with Crippen LogP contribution in [0.1, 0.15) is 20.0 Å². The Morgan fingerprint density at radius 1 is 1.19 bits per heavy atom. The number of carbonyl (C=O) groups is 2. The molecule has 1 aromatic rings. The summed E-state index contributed by atoms with van der Waals surface area (Å²) in [6, 6.07) is 0. The minimum Gasteiger partial charge on any atom is -0.397 e. The maximum atomic E-state index is 12.2. The van der Waals surface area contributed by atoms with Gasteiger partial charge in [-0.25, -0.2) is 0 Å². The quantitative estimate of drug-likeness (QED) is 0.811. The zero-order valence-electron chi connectivity index (χ0n) is 12.5. The first-order chi connectivity index (χ1) is 9.82. The Morgan fingerprint density at radius 2 is 1.76 bits per heavy atom. The molecule has 0 unspecified atom stereocenters. The molecule has 4 N–H and O–H groups in total. The van der Waals surface area contributed by atoms with E-state index in [-0.39, 0.29) is 17.2 Å². The number of carbonyl (C=O) groups excluding carboxylic acids is 2. The van der Waals surface area contributed by atoms with Gasteiger partial charge in [-0.2, -0.15) is 0 Å². The van der Waals surface area contributed by atoms with Crippen LogP contribution in [0.5, 0.6) is 0 Å². The van der Waals surface area contributed by atoms with E-state index in [4.69, 9.17) is 11.5 Å². The number of hydrogen-bond acceptors (Lipinski definition) is 6. The maximum Gasteiger partial charge on any atom is 0.265 e. The van der Waals surface area contributed by atoms with Gasteiger partial charge in [-0.3, -0.25) is 9.59 Å². The fourth-order valence-electron chi connectivity index (χ4n) is 2.26. The third kappa shape index (κ3) is 2.96. The average molecular weight is 311 g/mol. The van der Waals surface area contributed by atoms with Crippen molar-refractivity contribution in [1.82, 2.24) is 9.80 Å². The highest BCUT2D eigenvalue weighted by atomic mass is 32.1. The molecule has 2 rings (SSSR count). The number of nitrogens with two attached hydrogens (primary N) is 2. The first-order valence-corrected chi connectivity index (χ1v) is 7.51. The molecule has 1 aliphatic heterocycles. The summed E-state index contributed by atoms with van der Waals surface area (Å²) in [5.74, 6) is -0.795. The predicted molar refractivity (Wildman–Crippen MR) is 85.0 cm³/mol. The molecule has 0 radical (unpaired) electrons. The van der Waals surface area contributed by atoms with Gasteiger partial charge in [0, 0.05) is 40.3 Å². The molecule has 1 aromatic heterocycles. The summed E-state index contributed by atoms with van der Waals surface area (Å²) in [6.07, 6.45) is 0. The van der Waals surface area contributed by atoms with Crippen LogP contribution in [0.4, 0.5) is 10.7 Å². The maximum absolute atomic E-state index is 12.2. The Morgan fingerprint density at radius 3 is 2.24 bits per heavy atom. The van der Waals surface area contributed by atoms with Gasteiger partial charge in [0.1, 0.15) is 9.88 Å². The van der Waals surface area contributed by atoms with Crippen LogP contribution in [-0.4, -0.2) is 68.9 Å². The number of thiophene rings is 1. The average Bonchev–Trinajstić information content (AvgIpc) is 2.76. The molecule has 116 valence electrons. The van der Waals surface area contributed by atoms with Crippen LogP contribution < -0.4 is 16.4 Å². The Kier molecular flexibility index (Phi) is 4.38. The number of likely N-dealkylation sites (N-methyl/N-ethyl adjacent to an activating group) is 1. The van der Waals surface area contributed by atoms with Crippen LogP contribution in [0.15, 0.2) is 0 Å². The van der Waals surface area contributed by atoms with E-state index < -0.39 is 5.91 Å². The number of nitrogens with zero attached hydrogens (tertiary/aromatic N) is 3. The molecule has 2 amide bonds. The number of hydrogen-bond donors (Lipinski definition) is 2. The molecule has 0 saturated carbocycles. The van der Waals surface area contributed by atoms with E-state index >= 15 is 0 Å². The Labute approximate surface area is 128 Å². The molecule has 21 heavy (non-hydrogen) atoms. The molecule has 0 aliphatic carbocycles. The van der Waals surface area contributed by atoms with E-state index in [2.05, 4.69) is 16.8 Å². The molecule has 7 nitrogen and oxygen atoms in total. The standard InChI is InChI=1S/C13H21N5O2S/c1-16(2)12(20)10-9(14)8(11(15)19)13(21-10)18-6-4-17(3)5-7-18/h4-7,14H2,1-3H3,(H2,15,19). The van der Waals surface area contributed by atoms with E-state index in [1.165, 1.54) is 16.2 Å². The van der Waals surface area contributed by atoms with E-state index in [0.29, 0.717) is 9.88 Å². The van der Waals surface area contributed by atoms with Crippen molar-refractivity contribution in [2.24, 2.45) is 5.73 Å². The van der Waals surface area contributed by atoms with E-state index in [0.717, 1.165) is 26.2 Å². The predicted octanol–water partition coefficient (Wildman–Crippen LogP) is -0.117. The van der Waals surface area contributed by atoms with Crippen molar-refractivity contribution in [3.8, 4) is 0 Å². The van der Waals surface area contributed by atoms with Crippen LogP contribution in [0, 0.1) is 0 Å². The monoisotopic (exact) mass is 311 g/mol. The normalized spacial score (nSPS) is 16.0. The SMILES string of the molecule is CN1CCN(c2sc(C(=O)N(C)C)c(N)c2C(N)=O)CC1. The fraction of sp³-hybridized carbons (Fsp3) is 0.538. The second-order valence-corrected chi connectivity index (χ2v) is 6.38. The van der Waals surface area contributed by atoms with E-state index in [9.17, 15) is 9.59 Å². The lowest BCUT2D eigenvalue weighted by atomic mass is 10.2. The summed E-state index contributed by atoms with van der Waals surface area (Å²) >= 11 is 1.25. The van der Waals surface area contributed by atoms with Gasteiger partial charge in [0.2, 0.25) is 0 Å². The van der Waals surface area contributed by atoms with E-state index in [1.54, 1.807) is 14.1 Å². The summed E-state index contributed by atoms with van der Waals surface area (Å²) in [7, 11) is 5.36. The van der Waals surface area contributed by atoms with Gasteiger partial charge in [-0.1, -0.05) is 0 Å². The zero-order chi connectivity index (χ0) is 15.7. The summed E-state index contributed by atoms with van der Waals surface area (Å²) in [5, 5.41) is 0.707. The second-order valence-electron chi connectivity index (χ2n) is 5.38. The van der Waals surface area contributed by atoms with Crippen LogP contribution >= 0.6 is 11.3 Å². The minimum absolute atomic E-state index is 0.195. The molecule has 0 spiro atoms. The minimum atomic E-state index is -0.588. The lowest BCUT2D eigenvalue weighted by molar-refractivity contribution is 0.0833. The van der Waals surface area contributed by atoms with Gasteiger partial charge in [0.05, 0.1) is 11.3 Å². The van der Waals surface area contributed by atoms with Crippen molar-refractivity contribution < 1.29 is 9.59 Å². The molecular weight excluding hydrogens is 290 g/mol. The smallest absolute Gasteiger partial charge is 0.265 e. The lowest BCUT2D eigenvalue weighted by Crippen LogP contribution is -2.44. The van der Waals surface area contributed by atoms with Crippen molar-refractivity contribution in [3.63, 3.8) is 0 Å². The third-order valence-electron chi connectivity index (χ3n) is 3.56. The van der Waals surface area contributed by atoms with Crippen molar-refractivity contribution in [1.29, 1.82) is 0 Å². The van der Waals surface area contributed by atoms with Crippen molar-refractivity contribution >= 4 is 33.8 Å². The van der Waals surface area contributed by atoms with Gasteiger partial charge in [0.25, 0.3) is 11.8 Å². The fourth-order valence-corrected chi connectivity index (χ4v) is 3.56. The van der Waals surface area contributed by atoms with Gasteiger partial charge in [-0.15, -0.1) is 11.3 Å². The van der Waals surface area contributed by atoms with Crippen LogP contribution in [0.2, 0.25) is 0 Å². The molecule has 1 saturated heterocycles. The van der Waals surface area contributed by atoms with Gasteiger partial charge in [0.15, 0.2) is 0 Å². The topological polar surface area (TPSA) is 95.9 Å². The highest BCUT2D eigenvalue weighted by Gasteiger charge is 2.29. The Bertz CT molecular complexity index is 561. The molecule has 0 bridgehead atoms. The Hall–Kier alpha value is -1.80. The summed E-state index contributed by atoms with van der Waals surface area (Å²) in [6.45, 7) is 3.36. The molecular formula is C13H21N5O2S. The number of primary amides is 1. The number of piperazine rings is 1. The largest absolute Gasteiger partial charge is 0.397 e. The van der Waals surface area contributed by atoms with Crippen molar-refractivity contribution in [2.75, 3.05) is 58.0 Å². The molecule has 1 fully saturated rings. The van der Waals surface area contributed by atoms with Crippen LogP contribution in [0.3, 0.4) is 0 Å². The summed E-state index contributed by atoms with van der Waals surface area (Å²) in [4.78, 5) is 30.0. The first kappa shape index (κ1) is 15.6. The summed E-state index contributed by atoms with van der Waals surface area (Å²) < 4.78 is 0.